The number of rotatable bonds is 5. The molecule has 0 aliphatic carbocycles. The van der Waals surface area contributed by atoms with Crippen LogP contribution in [-0.2, 0) is 0 Å². The molecule has 0 heterocycles. The third-order valence-electron chi connectivity index (χ3n) is 2.89. The fraction of sp³-hybridized carbons (Fsp3) is 0.571. The smallest absolute Gasteiger partial charge is 0.119 e. The maximum atomic E-state index is 9.69. The van der Waals surface area contributed by atoms with E-state index in [1.54, 1.807) is 6.07 Å². The minimum atomic E-state index is 0.439. The van der Waals surface area contributed by atoms with Crippen molar-refractivity contribution in [2.45, 2.75) is 46.0 Å². The van der Waals surface area contributed by atoms with Crippen molar-refractivity contribution in [3.8, 4) is 5.75 Å². The molecule has 0 bridgehead atoms. The quantitative estimate of drug-likeness (QED) is 0.760. The summed E-state index contributed by atoms with van der Waals surface area (Å²) in [6.45, 7) is 6.70. The summed E-state index contributed by atoms with van der Waals surface area (Å²) in [4.78, 5) is 0. The summed E-state index contributed by atoms with van der Waals surface area (Å²) in [5, 5.41) is 9.69. The topological polar surface area (TPSA) is 20.2 Å². The first-order valence-electron chi connectivity index (χ1n) is 5.89. The Hall–Kier alpha value is -0.980. The summed E-state index contributed by atoms with van der Waals surface area (Å²) in [6, 6.07) is 7.66. The Morgan fingerprint density at radius 3 is 2.33 bits per heavy atom. The summed E-state index contributed by atoms with van der Waals surface area (Å²) in [6.07, 6.45) is 3.68. The molecule has 0 saturated carbocycles. The Bertz CT molecular complexity index is 291. The predicted molar refractivity (Wildman–Crippen MR) is 65.2 cm³/mol. The molecule has 0 fully saturated rings. The average Bonchev–Trinajstić information content (AvgIpc) is 2.17. The first kappa shape index (κ1) is 12.1. The van der Waals surface area contributed by atoms with Crippen LogP contribution in [0.2, 0.25) is 0 Å². The number of hydrogen-bond donors (Lipinski definition) is 1. The lowest BCUT2D eigenvalue weighted by molar-refractivity contribution is 0.454. The third kappa shape index (κ3) is 3.94. The highest BCUT2D eigenvalue weighted by atomic mass is 16.3. The zero-order valence-electron chi connectivity index (χ0n) is 10.0. The van der Waals surface area contributed by atoms with Gasteiger partial charge in [-0.05, 0) is 29.9 Å². The summed E-state index contributed by atoms with van der Waals surface area (Å²) in [7, 11) is 0. The lowest BCUT2D eigenvalue weighted by Gasteiger charge is -2.13. The van der Waals surface area contributed by atoms with Crippen LogP contribution >= 0.6 is 0 Å². The zero-order chi connectivity index (χ0) is 11.3. The van der Waals surface area contributed by atoms with Gasteiger partial charge in [0.05, 0.1) is 0 Å². The molecule has 1 aromatic carbocycles. The lowest BCUT2D eigenvalue weighted by Crippen LogP contribution is -1.96. The van der Waals surface area contributed by atoms with Crippen molar-refractivity contribution in [2.24, 2.45) is 5.92 Å². The molecule has 1 N–H and O–H groups in total. The molecule has 0 aromatic heterocycles. The fourth-order valence-corrected chi connectivity index (χ4v) is 1.89. The second kappa shape index (κ2) is 5.79. The highest BCUT2D eigenvalue weighted by Gasteiger charge is 2.09. The Morgan fingerprint density at radius 1 is 1.07 bits per heavy atom. The Balaban J connectivity index is 2.47. The maximum Gasteiger partial charge on any atom is 0.119 e. The van der Waals surface area contributed by atoms with Crippen LogP contribution < -0.4 is 0 Å². The second-order valence-corrected chi connectivity index (χ2v) is 4.78. The molecule has 1 atom stereocenters. The standard InChI is InChI=1S/C14H22O/c1-11(2)7-6-8-12(3)13-9-4-5-10-14(13)15/h4-5,9-12,15H,6-8H2,1-3H3/t12-/m1/s1. The molecule has 0 spiro atoms. The van der Waals surface area contributed by atoms with E-state index in [9.17, 15) is 5.11 Å². The molecule has 0 radical (unpaired) electrons. The van der Waals surface area contributed by atoms with Crippen molar-refractivity contribution in [3.05, 3.63) is 29.8 Å². The van der Waals surface area contributed by atoms with E-state index in [0.29, 0.717) is 11.7 Å². The molecule has 0 aliphatic rings. The molecule has 0 saturated heterocycles. The molecule has 1 heteroatoms. The summed E-state index contributed by atoms with van der Waals surface area (Å²) >= 11 is 0. The largest absolute Gasteiger partial charge is 0.508 e. The molecule has 0 unspecified atom stereocenters. The average molecular weight is 206 g/mol. The maximum absolute atomic E-state index is 9.69. The molecule has 0 amide bonds. The second-order valence-electron chi connectivity index (χ2n) is 4.78. The summed E-state index contributed by atoms with van der Waals surface area (Å²) in [5.41, 5.74) is 1.08. The van der Waals surface area contributed by atoms with E-state index >= 15 is 0 Å². The van der Waals surface area contributed by atoms with E-state index in [-0.39, 0.29) is 0 Å². The number of para-hydroxylation sites is 1. The number of phenolic OH excluding ortho intramolecular Hbond substituents is 1. The van der Waals surface area contributed by atoms with E-state index in [1.807, 2.05) is 18.2 Å². The van der Waals surface area contributed by atoms with Crippen LogP contribution in [0.5, 0.6) is 5.75 Å². The fourth-order valence-electron chi connectivity index (χ4n) is 1.89. The highest BCUT2D eigenvalue weighted by molar-refractivity contribution is 5.34. The normalized spacial score (nSPS) is 13.1. The first-order valence-corrected chi connectivity index (χ1v) is 5.89. The van der Waals surface area contributed by atoms with Gasteiger partial charge in [0.1, 0.15) is 5.75 Å². The lowest BCUT2D eigenvalue weighted by atomic mass is 9.93. The highest BCUT2D eigenvalue weighted by Crippen LogP contribution is 2.29. The molecule has 1 aromatic rings. The van der Waals surface area contributed by atoms with Gasteiger partial charge in [0.25, 0.3) is 0 Å². The van der Waals surface area contributed by atoms with Gasteiger partial charge >= 0.3 is 0 Å². The van der Waals surface area contributed by atoms with Crippen LogP contribution in [0.4, 0.5) is 0 Å². The molecular weight excluding hydrogens is 184 g/mol. The SMILES string of the molecule is CC(C)CCC[C@@H](C)c1ccccc1O. The van der Waals surface area contributed by atoms with Crippen molar-refractivity contribution in [2.75, 3.05) is 0 Å². The van der Waals surface area contributed by atoms with Gasteiger partial charge in [-0.2, -0.15) is 0 Å². The monoisotopic (exact) mass is 206 g/mol. The number of hydrogen-bond acceptors (Lipinski definition) is 1. The number of aromatic hydroxyl groups is 1. The van der Waals surface area contributed by atoms with E-state index in [2.05, 4.69) is 20.8 Å². The predicted octanol–water partition coefficient (Wildman–Crippen LogP) is 4.32. The van der Waals surface area contributed by atoms with E-state index in [0.717, 1.165) is 17.9 Å². The Morgan fingerprint density at radius 2 is 1.73 bits per heavy atom. The van der Waals surface area contributed by atoms with Crippen LogP contribution in [0.1, 0.15) is 51.5 Å². The Labute approximate surface area is 93.1 Å². The molecule has 1 rings (SSSR count). The van der Waals surface area contributed by atoms with Gasteiger partial charge < -0.3 is 5.11 Å². The molecule has 84 valence electrons. The van der Waals surface area contributed by atoms with E-state index in [1.165, 1.54) is 12.8 Å². The molecule has 0 aliphatic heterocycles. The van der Waals surface area contributed by atoms with Crippen LogP contribution in [0, 0.1) is 5.92 Å². The number of phenols is 1. The van der Waals surface area contributed by atoms with Gasteiger partial charge in [-0.15, -0.1) is 0 Å². The minimum absolute atomic E-state index is 0.439. The molecule has 1 nitrogen and oxygen atoms in total. The first-order chi connectivity index (χ1) is 7.11. The molecular formula is C14H22O. The van der Waals surface area contributed by atoms with Crippen LogP contribution in [-0.4, -0.2) is 5.11 Å². The van der Waals surface area contributed by atoms with Crippen molar-refractivity contribution in [3.63, 3.8) is 0 Å². The van der Waals surface area contributed by atoms with Crippen LogP contribution in [0.3, 0.4) is 0 Å². The summed E-state index contributed by atoms with van der Waals surface area (Å²) in [5.74, 6) is 1.68. The van der Waals surface area contributed by atoms with E-state index in [4.69, 9.17) is 0 Å². The van der Waals surface area contributed by atoms with Gasteiger partial charge in [0, 0.05) is 0 Å². The van der Waals surface area contributed by atoms with Gasteiger partial charge in [0.2, 0.25) is 0 Å². The summed E-state index contributed by atoms with van der Waals surface area (Å²) < 4.78 is 0. The van der Waals surface area contributed by atoms with Gasteiger partial charge in [-0.1, -0.05) is 51.8 Å². The van der Waals surface area contributed by atoms with Gasteiger partial charge in [0.15, 0.2) is 0 Å². The van der Waals surface area contributed by atoms with Crippen molar-refractivity contribution in [1.82, 2.24) is 0 Å². The van der Waals surface area contributed by atoms with E-state index < -0.39 is 0 Å². The van der Waals surface area contributed by atoms with Gasteiger partial charge in [-0.25, -0.2) is 0 Å². The van der Waals surface area contributed by atoms with Crippen molar-refractivity contribution >= 4 is 0 Å². The van der Waals surface area contributed by atoms with Gasteiger partial charge in [-0.3, -0.25) is 0 Å². The van der Waals surface area contributed by atoms with Crippen molar-refractivity contribution < 1.29 is 5.11 Å². The number of benzene rings is 1. The zero-order valence-corrected chi connectivity index (χ0v) is 10.0. The Kier molecular flexibility index (Phi) is 4.67. The van der Waals surface area contributed by atoms with Crippen molar-refractivity contribution in [1.29, 1.82) is 0 Å². The third-order valence-corrected chi connectivity index (χ3v) is 2.89. The molecule has 15 heavy (non-hydrogen) atoms. The minimum Gasteiger partial charge on any atom is -0.508 e. The van der Waals surface area contributed by atoms with Crippen LogP contribution in [0.15, 0.2) is 24.3 Å². The van der Waals surface area contributed by atoms with Crippen LogP contribution in [0.25, 0.3) is 0 Å².